The summed E-state index contributed by atoms with van der Waals surface area (Å²) in [6.07, 6.45) is 0. The lowest BCUT2D eigenvalue weighted by Crippen LogP contribution is -2.13. The molecule has 0 saturated heterocycles. The van der Waals surface area contributed by atoms with Crippen LogP contribution >= 0.6 is 0 Å². The molecule has 0 unspecified atom stereocenters. The molecule has 0 fully saturated rings. The number of rotatable bonds is 1. The van der Waals surface area contributed by atoms with E-state index in [0.29, 0.717) is 45.4 Å². The van der Waals surface area contributed by atoms with Gasteiger partial charge in [0, 0.05) is 6.07 Å². The summed E-state index contributed by atoms with van der Waals surface area (Å²) in [6.45, 7) is 2.89. The predicted molar refractivity (Wildman–Crippen MR) is 77.9 cm³/mol. The van der Waals surface area contributed by atoms with Gasteiger partial charge in [-0.2, -0.15) is 0 Å². The molecule has 0 saturated carbocycles. The third-order valence-corrected chi connectivity index (χ3v) is 3.75. The van der Waals surface area contributed by atoms with Crippen LogP contribution in [0.15, 0.2) is 23.1 Å². The van der Waals surface area contributed by atoms with E-state index in [9.17, 15) is 13.0 Å². The van der Waals surface area contributed by atoms with Gasteiger partial charge in [-0.25, -0.2) is 8.42 Å². The number of hydrogen-bond donors (Lipinski definition) is 0. The van der Waals surface area contributed by atoms with E-state index in [1.165, 1.54) is 12.1 Å². The van der Waals surface area contributed by atoms with Gasteiger partial charge in [0.05, 0.1) is 44.5 Å². The fourth-order valence-electron chi connectivity index (χ4n) is 1.84. The molecule has 0 amide bonds. The molecule has 9 heteroatoms. The molecule has 2 rings (SSSR count). The van der Waals surface area contributed by atoms with E-state index in [1.54, 1.807) is 0 Å². The number of benzene rings is 1. The van der Waals surface area contributed by atoms with Crippen LogP contribution in [0.25, 0.3) is 0 Å². The smallest absolute Gasteiger partial charge is 0.162 e. The first-order chi connectivity index (χ1) is 11.1. The second-order valence-corrected chi connectivity index (χ2v) is 5.98. The molecular formula is C14H19O8S-. The summed E-state index contributed by atoms with van der Waals surface area (Å²) in [5.41, 5.74) is 0. The van der Waals surface area contributed by atoms with Crippen LogP contribution in [0.5, 0.6) is 11.5 Å². The summed E-state index contributed by atoms with van der Waals surface area (Å²) in [6, 6.07) is 3.73. The molecule has 0 spiro atoms. The molecule has 0 radical (unpaired) electrons. The lowest BCUT2D eigenvalue weighted by Gasteiger charge is -2.15. The van der Waals surface area contributed by atoms with Crippen molar-refractivity contribution in [1.29, 1.82) is 0 Å². The van der Waals surface area contributed by atoms with E-state index in [4.69, 9.17) is 23.7 Å². The summed E-state index contributed by atoms with van der Waals surface area (Å²) >= 11 is 0. The average molecular weight is 347 g/mol. The molecule has 130 valence electrons. The minimum absolute atomic E-state index is 0.177. The largest absolute Gasteiger partial charge is 0.744 e. The van der Waals surface area contributed by atoms with Crippen molar-refractivity contribution in [2.45, 2.75) is 4.90 Å². The number of hydrogen-bond acceptors (Lipinski definition) is 8. The molecule has 1 aliphatic heterocycles. The molecule has 0 bridgehead atoms. The maximum atomic E-state index is 11.1. The van der Waals surface area contributed by atoms with Crippen molar-refractivity contribution >= 4 is 10.1 Å². The molecule has 0 aromatic heterocycles. The Bertz CT molecular complexity index is 586. The van der Waals surface area contributed by atoms with Crippen molar-refractivity contribution in [3.8, 4) is 11.5 Å². The third-order valence-electron chi connectivity index (χ3n) is 2.92. The Morgan fingerprint density at radius 2 is 1.22 bits per heavy atom. The lowest BCUT2D eigenvalue weighted by molar-refractivity contribution is 0.00708. The minimum Gasteiger partial charge on any atom is -0.744 e. The quantitative estimate of drug-likeness (QED) is 0.673. The highest BCUT2D eigenvalue weighted by atomic mass is 32.2. The Kier molecular flexibility index (Phi) is 7.06. The van der Waals surface area contributed by atoms with Gasteiger partial charge in [0.25, 0.3) is 0 Å². The predicted octanol–water partition coefficient (Wildman–Crippen LogP) is 0.412. The highest BCUT2D eigenvalue weighted by Crippen LogP contribution is 2.30. The molecular weight excluding hydrogens is 328 g/mol. The Labute approximate surface area is 135 Å². The molecule has 0 N–H and O–H groups in total. The third kappa shape index (κ3) is 6.32. The van der Waals surface area contributed by atoms with E-state index >= 15 is 0 Å². The van der Waals surface area contributed by atoms with Crippen molar-refractivity contribution in [2.24, 2.45) is 0 Å². The normalized spacial score (nSPS) is 18.7. The van der Waals surface area contributed by atoms with Gasteiger partial charge < -0.3 is 28.2 Å². The van der Waals surface area contributed by atoms with Crippen molar-refractivity contribution in [3.05, 3.63) is 18.2 Å². The van der Waals surface area contributed by atoms with Gasteiger partial charge in [0.15, 0.2) is 11.5 Å². The fraction of sp³-hybridized carbons (Fsp3) is 0.571. The van der Waals surface area contributed by atoms with Crippen molar-refractivity contribution < 1.29 is 36.7 Å². The summed E-state index contributed by atoms with van der Waals surface area (Å²) in [7, 11) is -4.56. The van der Waals surface area contributed by atoms with Crippen LogP contribution in [-0.2, 0) is 24.3 Å². The van der Waals surface area contributed by atoms with Crippen LogP contribution < -0.4 is 9.47 Å². The molecule has 1 aliphatic rings. The van der Waals surface area contributed by atoms with E-state index in [-0.39, 0.29) is 23.9 Å². The van der Waals surface area contributed by atoms with Gasteiger partial charge >= 0.3 is 0 Å². The van der Waals surface area contributed by atoms with Crippen LogP contribution in [-0.4, -0.2) is 65.8 Å². The van der Waals surface area contributed by atoms with Crippen LogP contribution in [0.2, 0.25) is 0 Å². The summed E-state index contributed by atoms with van der Waals surface area (Å²) in [5, 5.41) is 0. The second kappa shape index (κ2) is 9.04. The van der Waals surface area contributed by atoms with Crippen LogP contribution in [0.1, 0.15) is 0 Å². The Hall–Kier alpha value is -1.39. The molecule has 1 aromatic carbocycles. The van der Waals surface area contributed by atoms with Gasteiger partial charge in [-0.05, 0) is 12.1 Å². The average Bonchev–Trinajstić information content (AvgIpc) is 2.52. The monoisotopic (exact) mass is 347 g/mol. The highest BCUT2D eigenvalue weighted by Gasteiger charge is 2.11. The van der Waals surface area contributed by atoms with Gasteiger partial charge in [-0.15, -0.1) is 0 Å². The first-order valence-electron chi connectivity index (χ1n) is 7.16. The molecule has 0 atom stereocenters. The SMILES string of the molecule is O=S(=O)([O-])c1ccc2c(c1)OCCOCCOCCOCCO2. The Morgan fingerprint density at radius 1 is 0.739 bits per heavy atom. The van der Waals surface area contributed by atoms with Crippen molar-refractivity contribution in [1.82, 2.24) is 0 Å². The van der Waals surface area contributed by atoms with E-state index in [0.717, 1.165) is 6.07 Å². The van der Waals surface area contributed by atoms with Crippen LogP contribution in [0, 0.1) is 0 Å². The maximum absolute atomic E-state index is 11.1. The highest BCUT2D eigenvalue weighted by molar-refractivity contribution is 7.85. The summed E-state index contributed by atoms with van der Waals surface area (Å²) < 4.78 is 60.2. The van der Waals surface area contributed by atoms with E-state index in [1.807, 2.05) is 0 Å². The lowest BCUT2D eigenvalue weighted by atomic mass is 10.3. The first-order valence-corrected chi connectivity index (χ1v) is 8.57. The van der Waals surface area contributed by atoms with Crippen molar-refractivity contribution in [3.63, 3.8) is 0 Å². The Morgan fingerprint density at radius 3 is 1.74 bits per heavy atom. The molecule has 1 aromatic rings. The number of fused-ring (bicyclic) bond motifs is 1. The van der Waals surface area contributed by atoms with Crippen molar-refractivity contribution in [2.75, 3.05) is 52.9 Å². The van der Waals surface area contributed by atoms with Gasteiger partial charge in [-0.3, -0.25) is 0 Å². The zero-order chi connectivity index (χ0) is 16.5. The van der Waals surface area contributed by atoms with Gasteiger partial charge in [0.1, 0.15) is 23.3 Å². The molecule has 8 nitrogen and oxygen atoms in total. The molecule has 1 heterocycles. The topological polar surface area (TPSA) is 103 Å². The maximum Gasteiger partial charge on any atom is 0.162 e. The fourth-order valence-corrected chi connectivity index (χ4v) is 2.33. The summed E-state index contributed by atoms with van der Waals surface area (Å²) in [4.78, 5) is -0.372. The zero-order valence-corrected chi connectivity index (χ0v) is 13.4. The summed E-state index contributed by atoms with van der Waals surface area (Å²) in [5.74, 6) is 0.517. The first kappa shape index (κ1) is 18.0. The number of ether oxygens (including phenoxy) is 5. The standard InChI is InChI=1S/C14H20O8S/c15-23(16,17)12-1-2-13-14(11-12)22-10-8-20-6-4-18-3-5-19-7-9-21-13/h1-2,11H,3-10H2,(H,15,16,17)/p-1. The minimum atomic E-state index is -4.56. The van der Waals surface area contributed by atoms with Crippen LogP contribution in [0.4, 0.5) is 0 Å². The van der Waals surface area contributed by atoms with Gasteiger partial charge in [0.2, 0.25) is 0 Å². The molecule has 23 heavy (non-hydrogen) atoms. The zero-order valence-electron chi connectivity index (χ0n) is 12.6. The second-order valence-electron chi connectivity index (χ2n) is 4.60. The van der Waals surface area contributed by atoms with E-state index in [2.05, 4.69) is 0 Å². The van der Waals surface area contributed by atoms with Gasteiger partial charge in [-0.1, -0.05) is 0 Å². The van der Waals surface area contributed by atoms with Crippen LogP contribution in [0.3, 0.4) is 0 Å². The van der Waals surface area contributed by atoms with E-state index < -0.39 is 10.1 Å². The molecule has 0 aliphatic carbocycles. The Balaban J connectivity index is 2.09.